The van der Waals surface area contributed by atoms with E-state index in [0.717, 1.165) is 24.3 Å². The summed E-state index contributed by atoms with van der Waals surface area (Å²) in [7, 11) is 0. The van der Waals surface area contributed by atoms with Crippen LogP contribution in [0.3, 0.4) is 0 Å². The summed E-state index contributed by atoms with van der Waals surface area (Å²) in [6.07, 6.45) is 2.63. The summed E-state index contributed by atoms with van der Waals surface area (Å²) in [4.78, 5) is 4.25. The first-order valence-corrected chi connectivity index (χ1v) is 6.11. The highest BCUT2D eigenvalue weighted by Gasteiger charge is 2.04. The molecule has 0 radical (unpaired) electrons. The molecule has 0 aliphatic carbocycles. The summed E-state index contributed by atoms with van der Waals surface area (Å²) in [5, 5.41) is 4.50. The Bertz CT molecular complexity index is 466. The zero-order valence-corrected chi connectivity index (χ0v) is 10.7. The van der Waals surface area contributed by atoms with E-state index in [4.69, 9.17) is 23.2 Å². The maximum Gasteiger partial charge on any atom is 0.0719 e. The fraction of sp³-hybridized carbons (Fsp3) is 0.154. The first-order valence-electron chi connectivity index (χ1n) is 5.35. The van der Waals surface area contributed by atoms with Gasteiger partial charge in [0, 0.05) is 24.9 Å². The van der Waals surface area contributed by atoms with Gasteiger partial charge >= 0.3 is 0 Å². The van der Waals surface area contributed by atoms with Gasteiger partial charge in [0.15, 0.2) is 0 Å². The van der Waals surface area contributed by atoms with Crippen molar-refractivity contribution < 1.29 is 0 Å². The minimum atomic E-state index is 0.638. The van der Waals surface area contributed by atoms with E-state index in [0.29, 0.717) is 10.0 Å². The Labute approximate surface area is 111 Å². The maximum atomic E-state index is 6.05. The van der Waals surface area contributed by atoms with Crippen molar-refractivity contribution in [2.45, 2.75) is 6.42 Å². The van der Waals surface area contributed by atoms with Gasteiger partial charge in [0.25, 0.3) is 0 Å². The molecular weight excluding hydrogens is 255 g/mol. The van der Waals surface area contributed by atoms with Crippen LogP contribution in [-0.4, -0.2) is 11.5 Å². The van der Waals surface area contributed by atoms with Crippen LogP contribution in [0.5, 0.6) is 0 Å². The zero-order valence-electron chi connectivity index (χ0n) is 9.16. The highest BCUT2D eigenvalue weighted by Crippen LogP contribution is 2.29. The molecule has 88 valence electrons. The lowest BCUT2D eigenvalue weighted by Gasteiger charge is -2.09. The number of anilines is 1. The Kier molecular flexibility index (Phi) is 4.24. The number of pyridine rings is 1. The second kappa shape index (κ2) is 5.89. The van der Waals surface area contributed by atoms with Crippen LogP contribution in [0.4, 0.5) is 5.69 Å². The lowest BCUT2D eigenvalue weighted by atomic mass is 10.2. The quantitative estimate of drug-likeness (QED) is 0.904. The van der Waals surface area contributed by atoms with Crippen molar-refractivity contribution in [1.29, 1.82) is 0 Å². The number of hydrogen-bond donors (Lipinski definition) is 1. The van der Waals surface area contributed by atoms with Crippen molar-refractivity contribution in [1.82, 2.24) is 4.98 Å². The smallest absolute Gasteiger partial charge is 0.0719 e. The first-order chi connectivity index (χ1) is 8.27. The van der Waals surface area contributed by atoms with Gasteiger partial charge in [0.05, 0.1) is 15.7 Å². The topological polar surface area (TPSA) is 24.9 Å². The van der Waals surface area contributed by atoms with Crippen molar-refractivity contribution in [2.24, 2.45) is 0 Å². The molecule has 0 unspecified atom stereocenters. The Hall–Kier alpha value is -1.25. The van der Waals surface area contributed by atoms with Crippen molar-refractivity contribution in [3.63, 3.8) is 0 Å². The molecule has 1 N–H and O–H groups in total. The number of para-hydroxylation sites is 1. The molecule has 1 aromatic heterocycles. The number of rotatable bonds is 4. The summed E-state index contributed by atoms with van der Waals surface area (Å²) in [6.45, 7) is 0.750. The molecule has 0 amide bonds. The number of nitrogens with one attached hydrogen (secondary N) is 1. The Morgan fingerprint density at radius 3 is 2.41 bits per heavy atom. The molecule has 0 fully saturated rings. The van der Waals surface area contributed by atoms with Gasteiger partial charge in [0.2, 0.25) is 0 Å². The molecule has 17 heavy (non-hydrogen) atoms. The molecule has 0 saturated carbocycles. The third-order valence-electron chi connectivity index (χ3n) is 2.37. The second-order valence-electron chi connectivity index (χ2n) is 3.59. The SMILES string of the molecule is Clc1cccc(Cl)c1NCCc1ccccn1. The minimum Gasteiger partial charge on any atom is -0.382 e. The van der Waals surface area contributed by atoms with Crippen LogP contribution in [0.1, 0.15) is 5.69 Å². The van der Waals surface area contributed by atoms with E-state index < -0.39 is 0 Å². The van der Waals surface area contributed by atoms with Gasteiger partial charge in [-0.05, 0) is 24.3 Å². The summed E-state index contributed by atoms with van der Waals surface area (Å²) in [5.74, 6) is 0. The predicted octanol–water partition coefficient (Wildman–Crippen LogP) is 4.04. The van der Waals surface area contributed by atoms with Crippen LogP contribution in [-0.2, 0) is 6.42 Å². The van der Waals surface area contributed by atoms with Crippen LogP contribution >= 0.6 is 23.2 Å². The van der Waals surface area contributed by atoms with Gasteiger partial charge in [-0.2, -0.15) is 0 Å². The van der Waals surface area contributed by atoms with Crippen molar-refractivity contribution in [2.75, 3.05) is 11.9 Å². The summed E-state index contributed by atoms with van der Waals surface area (Å²) >= 11 is 12.1. The molecule has 2 nitrogen and oxygen atoms in total. The molecule has 0 bridgehead atoms. The lowest BCUT2D eigenvalue weighted by molar-refractivity contribution is 0.961. The fourth-order valence-electron chi connectivity index (χ4n) is 1.53. The minimum absolute atomic E-state index is 0.638. The highest BCUT2D eigenvalue weighted by atomic mass is 35.5. The second-order valence-corrected chi connectivity index (χ2v) is 4.41. The lowest BCUT2D eigenvalue weighted by Crippen LogP contribution is -2.06. The van der Waals surface area contributed by atoms with Crippen molar-refractivity contribution in [3.05, 3.63) is 58.3 Å². The molecule has 1 heterocycles. The van der Waals surface area contributed by atoms with Gasteiger partial charge in [-0.25, -0.2) is 0 Å². The van der Waals surface area contributed by atoms with Gasteiger partial charge < -0.3 is 5.32 Å². The van der Waals surface area contributed by atoms with Crippen LogP contribution in [0.25, 0.3) is 0 Å². The largest absolute Gasteiger partial charge is 0.382 e. The molecule has 4 heteroatoms. The molecule has 0 saturated heterocycles. The van der Waals surface area contributed by atoms with Crippen LogP contribution in [0, 0.1) is 0 Å². The summed E-state index contributed by atoms with van der Waals surface area (Å²) in [6, 6.07) is 11.3. The normalized spacial score (nSPS) is 10.2. The third-order valence-corrected chi connectivity index (χ3v) is 3.00. The molecule has 2 rings (SSSR count). The highest BCUT2D eigenvalue weighted by molar-refractivity contribution is 6.39. The number of aromatic nitrogens is 1. The average molecular weight is 267 g/mol. The molecule has 2 aromatic rings. The van der Waals surface area contributed by atoms with Crippen LogP contribution in [0.2, 0.25) is 10.0 Å². The van der Waals surface area contributed by atoms with E-state index in [-0.39, 0.29) is 0 Å². The Morgan fingerprint density at radius 1 is 1.00 bits per heavy atom. The van der Waals surface area contributed by atoms with E-state index in [1.807, 2.05) is 36.4 Å². The van der Waals surface area contributed by atoms with Crippen LogP contribution < -0.4 is 5.32 Å². The van der Waals surface area contributed by atoms with E-state index in [1.54, 1.807) is 6.20 Å². The Morgan fingerprint density at radius 2 is 1.76 bits per heavy atom. The predicted molar refractivity (Wildman–Crippen MR) is 72.9 cm³/mol. The average Bonchev–Trinajstić information content (AvgIpc) is 2.34. The molecule has 0 atom stereocenters. The standard InChI is InChI=1S/C13H12Cl2N2/c14-11-5-3-6-12(15)13(11)17-9-7-10-4-1-2-8-16-10/h1-6,8,17H,7,9H2. The third kappa shape index (κ3) is 3.35. The number of halogens is 2. The van der Waals surface area contributed by atoms with Crippen molar-refractivity contribution >= 4 is 28.9 Å². The molecular formula is C13H12Cl2N2. The van der Waals surface area contributed by atoms with Gasteiger partial charge in [-0.3, -0.25) is 4.98 Å². The van der Waals surface area contributed by atoms with Crippen LogP contribution in [0.15, 0.2) is 42.6 Å². The number of hydrogen-bond acceptors (Lipinski definition) is 2. The summed E-state index contributed by atoms with van der Waals surface area (Å²) < 4.78 is 0. The van der Waals surface area contributed by atoms with E-state index >= 15 is 0 Å². The maximum absolute atomic E-state index is 6.05. The molecule has 0 spiro atoms. The van der Waals surface area contributed by atoms with E-state index in [9.17, 15) is 0 Å². The van der Waals surface area contributed by atoms with E-state index in [2.05, 4.69) is 10.3 Å². The number of benzene rings is 1. The van der Waals surface area contributed by atoms with Gasteiger partial charge in [-0.1, -0.05) is 35.3 Å². The Balaban J connectivity index is 1.95. The molecule has 0 aliphatic rings. The van der Waals surface area contributed by atoms with Gasteiger partial charge in [0.1, 0.15) is 0 Å². The van der Waals surface area contributed by atoms with E-state index in [1.165, 1.54) is 0 Å². The van der Waals surface area contributed by atoms with Crippen molar-refractivity contribution in [3.8, 4) is 0 Å². The summed E-state index contributed by atoms with van der Waals surface area (Å²) in [5.41, 5.74) is 1.83. The number of nitrogens with zero attached hydrogens (tertiary/aromatic N) is 1. The molecule has 0 aliphatic heterocycles. The van der Waals surface area contributed by atoms with Gasteiger partial charge in [-0.15, -0.1) is 0 Å². The first kappa shape index (κ1) is 12.2. The fourth-order valence-corrected chi connectivity index (χ4v) is 2.06. The monoisotopic (exact) mass is 266 g/mol. The zero-order chi connectivity index (χ0) is 12.1. The molecule has 1 aromatic carbocycles.